The third-order valence-corrected chi connectivity index (χ3v) is 17.2. The van der Waals surface area contributed by atoms with E-state index in [0.717, 1.165) is 16.7 Å². The Morgan fingerprint density at radius 3 is 1.71 bits per heavy atom. The molecule has 0 aromatic heterocycles. The maximum atomic E-state index is 15.3. The average molecular weight is 1320 g/mol. The first kappa shape index (κ1) is 75.3. The van der Waals surface area contributed by atoms with E-state index in [1.165, 1.54) is 18.9 Å². The Morgan fingerprint density at radius 2 is 1.20 bits per heavy atom. The summed E-state index contributed by atoms with van der Waals surface area (Å²) in [6, 6.07) is 24.7. The van der Waals surface area contributed by atoms with E-state index in [1.54, 1.807) is 72.7 Å². The fraction of sp³-hybridized carbons (Fsp3) is 0.528. The summed E-state index contributed by atoms with van der Waals surface area (Å²) in [4.78, 5) is 147. The molecule has 2 aliphatic heterocycles. The quantitative estimate of drug-likeness (QED) is 0.0279. The number of ether oxygens (including phenoxy) is 4. The molecule has 8 N–H and O–H groups in total. The van der Waals surface area contributed by atoms with Crippen LogP contribution < -0.4 is 42.0 Å². The summed E-state index contributed by atoms with van der Waals surface area (Å²) in [6.45, 7) is 20.6. The van der Waals surface area contributed by atoms with Crippen LogP contribution in [0.4, 0.5) is 0 Å². The van der Waals surface area contributed by atoms with Gasteiger partial charge in [-0.05, 0) is 99.1 Å². The topological polar surface area (TPSA) is 315 Å². The Hall–Kier alpha value is -8.70. The zero-order chi connectivity index (χ0) is 69.9. The van der Waals surface area contributed by atoms with E-state index in [2.05, 4.69) is 37.2 Å². The minimum atomic E-state index is -1.85. The minimum Gasteiger partial charge on any atom is -0.488 e. The molecule has 0 radical (unpaired) electrons. The van der Waals surface area contributed by atoms with E-state index in [-0.39, 0.29) is 51.0 Å². The van der Waals surface area contributed by atoms with Gasteiger partial charge in [-0.1, -0.05) is 171 Å². The Labute approximate surface area is 558 Å². The summed E-state index contributed by atoms with van der Waals surface area (Å²) in [6.07, 6.45) is -4.50. The van der Waals surface area contributed by atoms with Crippen LogP contribution in [0.3, 0.4) is 0 Å². The third kappa shape index (κ3) is 20.9. The highest BCUT2D eigenvalue weighted by atomic mass is 16.7. The number of rotatable bonds is 24. The van der Waals surface area contributed by atoms with Crippen molar-refractivity contribution in [1.82, 2.24) is 42.1 Å². The van der Waals surface area contributed by atoms with Gasteiger partial charge in [0.15, 0.2) is 12.4 Å². The Morgan fingerprint density at radius 1 is 0.674 bits per heavy atom. The fourth-order valence-electron chi connectivity index (χ4n) is 11.4. The summed E-state index contributed by atoms with van der Waals surface area (Å²) >= 11 is 0. The predicted molar refractivity (Wildman–Crippen MR) is 355 cm³/mol. The van der Waals surface area contributed by atoms with Gasteiger partial charge in [0.05, 0.1) is 6.61 Å². The number of hydrogen-bond acceptors (Lipinski definition) is 14. The van der Waals surface area contributed by atoms with Crippen LogP contribution in [-0.4, -0.2) is 149 Å². The summed E-state index contributed by atoms with van der Waals surface area (Å²) in [5, 5.41) is 29.6. The second-order valence-corrected chi connectivity index (χ2v) is 26.6. The van der Waals surface area contributed by atoms with Gasteiger partial charge in [-0.3, -0.25) is 38.4 Å². The number of nitrogens with zero attached hydrogens (tertiary/aromatic N) is 1. The minimum absolute atomic E-state index is 0.0525. The van der Waals surface area contributed by atoms with Gasteiger partial charge < -0.3 is 66.2 Å². The van der Waals surface area contributed by atoms with E-state index in [0.29, 0.717) is 24.2 Å². The molecule has 0 spiro atoms. The second-order valence-electron chi connectivity index (χ2n) is 26.6. The maximum absolute atomic E-state index is 15.3. The molecule has 2 heterocycles. The summed E-state index contributed by atoms with van der Waals surface area (Å²) in [5.74, 6) is -10.2. The number of nitrogens with one attached hydrogen (secondary N) is 7. The molecule has 0 saturated carbocycles. The number of aliphatic carboxylic acids is 1. The first-order chi connectivity index (χ1) is 45.0. The number of carbonyl (C=O) groups is 10. The second kappa shape index (κ2) is 34.6. The third-order valence-electron chi connectivity index (χ3n) is 17.2. The molecule has 2 aliphatic rings. The van der Waals surface area contributed by atoms with Gasteiger partial charge in [-0.2, -0.15) is 0 Å². The van der Waals surface area contributed by atoms with Gasteiger partial charge in [0.2, 0.25) is 47.3 Å². The van der Waals surface area contributed by atoms with Crippen LogP contribution in [0.25, 0.3) is 0 Å². The highest BCUT2D eigenvalue weighted by molar-refractivity contribution is 5.98. The summed E-state index contributed by atoms with van der Waals surface area (Å²) < 4.78 is 23.4. The molecule has 95 heavy (non-hydrogen) atoms. The van der Waals surface area contributed by atoms with Gasteiger partial charge in [-0.15, -0.1) is 0 Å². The number of carboxylic acid groups (broad SMARTS) is 1. The van der Waals surface area contributed by atoms with E-state index in [4.69, 9.17) is 18.9 Å². The van der Waals surface area contributed by atoms with Crippen molar-refractivity contribution in [3.8, 4) is 5.75 Å². The van der Waals surface area contributed by atoms with E-state index < -0.39 is 149 Å². The zero-order valence-corrected chi connectivity index (χ0v) is 57.0. The molecule has 8 amide bonds. The predicted octanol–water partition coefficient (Wildman–Crippen LogP) is 6.38. The van der Waals surface area contributed by atoms with Crippen molar-refractivity contribution >= 4 is 59.2 Å². The van der Waals surface area contributed by atoms with E-state index >= 15 is 19.2 Å². The number of carbonyl (C=O) groups excluding carboxylic acids is 9. The van der Waals surface area contributed by atoms with Crippen molar-refractivity contribution in [2.24, 2.45) is 23.7 Å². The zero-order valence-electron chi connectivity index (χ0n) is 57.0. The Balaban J connectivity index is 1.43. The van der Waals surface area contributed by atoms with Gasteiger partial charge in [0.1, 0.15) is 65.3 Å². The van der Waals surface area contributed by atoms with Gasteiger partial charge in [-0.25, -0.2) is 9.59 Å². The SMILES string of the molecule is CC[C@H](C)[C@@H]1NC(=O)[C@H](Cc2ccc(OC(C)(C)C)cc2)N(C)C(=O)[C@H]([C@@H](C)CC)NC(=O)[C@H](CCC2OC[C@@H](C(=O)O)O2)NC(=O)[C@H](CC(C)C)NC(=O)[C@@H](NC(=O)C(CCC(=O)NC(c2ccccc2)(c2ccccc2)c2ccccc2)NC(=O)C(C)C)[C@@H](C)OC1=O. The van der Waals surface area contributed by atoms with Crippen molar-refractivity contribution in [1.29, 1.82) is 0 Å². The molecule has 2 fully saturated rings. The van der Waals surface area contributed by atoms with Gasteiger partial charge in [0.25, 0.3) is 0 Å². The van der Waals surface area contributed by atoms with Crippen molar-refractivity contribution < 1.29 is 72.0 Å². The molecule has 12 atom stereocenters. The standard InChI is InChI=1S/C72H98N8O15/c1-14-44(7)59-68(88)80(13)55(40-47-31-33-51(34-32-47)95-71(10,11)12)66(86)77-60(45(8)15-2)70(91)93-46(9)61(67(87)75-54(39-42(3)4)65(85)74-53(63(83)76-59)36-38-58-92-41-56(94-58)69(89)90)78-64(84)52(73-62(82)43(5)6)35-37-57(81)79-72(48-25-19-16-20-26-48,49-27-21-17-22-28-49)50-29-23-18-24-30-50/h16-34,42-46,52-56,58-61H,14-15,35-41H2,1-13H3,(H,73,82)(H,74,85)(H,75,87)(H,76,83)(H,77,86)(H,78,84)(H,79,81)(H,89,90)/t44-,45-,46+,52?,53-,54-,55-,56-,58?,59-,60-,61-/m0/s1. The molecular formula is C72H98N8O15. The molecule has 4 aromatic rings. The lowest BCUT2D eigenvalue weighted by Crippen LogP contribution is -2.62. The van der Waals surface area contributed by atoms with Crippen LogP contribution in [-0.2, 0) is 74.1 Å². The number of cyclic esters (lactones) is 1. The van der Waals surface area contributed by atoms with E-state index in [9.17, 15) is 33.9 Å². The molecule has 6 rings (SSSR count). The Bertz CT molecular complexity index is 3160. The Kier molecular flexibility index (Phi) is 27.5. The number of benzene rings is 4. The lowest BCUT2D eigenvalue weighted by atomic mass is 9.77. The molecule has 516 valence electrons. The molecule has 0 aliphatic carbocycles. The number of amides is 8. The smallest absolute Gasteiger partial charge is 0.335 e. The van der Waals surface area contributed by atoms with Crippen LogP contribution in [0, 0.1) is 23.7 Å². The normalized spacial score (nSPS) is 23.1. The highest BCUT2D eigenvalue weighted by Gasteiger charge is 2.43. The maximum Gasteiger partial charge on any atom is 0.335 e. The van der Waals surface area contributed by atoms with Crippen LogP contribution in [0.1, 0.15) is 150 Å². The van der Waals surface area contributed by atoms with Crippen molar-refractivity contribution in [3.63, 3.8) is 0 Å². The number of esters is 1. The molecule has 23 nitrogen and oxygen atoms in total. The van der Waals surface area contributed by atoms with Crippen LogP contribution >= 0.6 is 0 Å². The molecule has 23 heteroatoms. The summed E-state index contributed by atoms with van der Waals surface area (Å²) in [7, 11) is 1.41. The monoisotopic (exact) mass is 1310 g/mol. The van der Waals surface area contributed by atoms with Gasteiger partial charge in [0, 0.05) is 32.2 Å². The highest BCUT2D eigenvalue weighted by Crippen LogP contribution is 2.37. The summed E-state index contributed by atoms with van der Waals surface area (Å²) in [5.41, 5.74) is 1.02. The van der Waals surface area contributed by atoms with Crippen molar-refractivity contribution in [2.45, 2.75) is 206 Å². The van der Waals surface area contributed by atoms with Crippen LogP contribution in [0.15, 0.2) is 115 Å². The average Bonchev–Trinajstić information content (AvgIpc) is 1.02. The molecule has 2 saturated heterocycles. The first-order valence-electron chi connectivity index (χ1n) is 33.0. The number of carboxylic acids is 1. The molecule has 4 aromatic carbocycles. The number of likely N-dealkylation sites (N-methyl/N-ethyl adjacent to an activating group) is 1. The van der Waals surface area contributed by atoms with Crippen molar-refractivity contribution in [3.05, 3.63) is 138 Å². The van der Waals surface area contributed by atoms with Gasteiger partial charge >= 0.3 is 11.9 Å². The number of hydrogen-bond donors (Lipinski definition) is 8. The largest absolute Gasteiger partial charge is 0.488 e. The van der Waals surface area contributed by atoms with Crippen LogP contribution in [0.5, 0.6) is 5.75 Å². The lowest BCUT2D eigenvalue weighted by Gasteiger charge is -2.37. The molecular weight excluding hydrogens is 1220 g/mol. The molecule has 2 unspecified atom stereocenters. The fourth-order valence-corrected chi connectivity index (χ4v) is 11.4. The molecule has 0 bridgehead atoms. The van der Waals surface area contributed by atoms with Crippen molar-refractivity contribution in [2.75, 3.05) is 13.7 Å². The lowest BCUT2D eigenvalue weighted by molar-refractivity contribution is -0.158. The van der Waals surface area contributed by atoms with E-state index in [1.807, 2.05) is 119 Å². The van der Waals surface area contributed by atoms with Crippen LogP contribution in [0.2, 0.25) is 0 Å². The first-order valence-corrected chi connectivity index (χ1v) is 33.0.